The van der Waals surface area contributed by atoms with Crippen LogP contribution in [0.4, 0.5) is 18.3 Å². The molecule has 0 radical (unpaired) electrons. The highest BCUT2D eigenvalue weighted by Crippen LogP contribution is 2.32. The summed E-state index contributed by atoms with van der Waals surface area (Å²) in [6.45, 7) is 7.25. The molecule has 0 aliphatic carbocycles. The van der Waals surface area contributed by atoms with Crippen molar-refractivity contribution in [2.24, 2.45) is 0 Å². The van der Waals surface area contributed by atoms with Crippen LogP contribution in [0.5, 0.6) is 0 Å². The number of hydrogen-bond donors (Lipinski definition) is 1. The Labute approximate surface area is 192 Å². The topological polar surface area (TPSA) is 87.4 Å². The number of benzene rings is 1. The fourth-order valence-electron chi connectivity index (χ4n) is 3.64. The van der Waals surface area contributed by atoms with E-state index >= 15 is 0 Å². The van der Waals surface area contributed by atoms with Crippen molar-refractivity contribution in [1.29, 1.82) is 0 Å². The Morgan fingerprint density at radius 1 is 1.24 bits per heavy atom. The number of amides is 1. The van der Waals surface area contributed by atoms with E-state index in [0.29, 0.717) is 17.6 Å². The molecule has 176 valence electrons. The number of hydrogen-bond acceptors (Lipinski definition) is 8. The quantitative estimate of drug-likeness (QED) is 0.570. The molecule has 0 spiro atoms. The van der Waals surface area contributed by atoms with E-state index in [9.17, 15) is 18.0 Å². The van der Waals surface area contributed by atoms with Gasteiger partial charge in [-0.2, -0.15) is 18.2 Å². The highest BCUT2D eigenvalue weighted by molar-refractivity contribution is 7.13. The van der Waals surface area contributed by atoms with Gasteiger partial charge in [-0.3, -0.25) is 14.6 Å². The van der Waals surface area contributed by atoms with E-state index in [1.54, 1.807) is 0 Å². The van der Waals surface area contributed by atoms with Crippen molar-refractivity contribution in [3.8, 4) is 11.4 Å². The van der Waals surface area contributed by atoms with Crippen LogP contribution in [0.25, 0.3) is 11.4 Å². The van der Waals surface area contributed by atoms with E-state index < -0.39 is 11.7 Å². The number of anilines is 1. The maximum atomic E-state index is 13.0. The lowest BCUT2D eigenvalue weighted by Crippen LogP contribution is -2.46. The van der Waals surface area contributed by atoms with Crippen LogP contribution >= 0.6 is 11.3 Å². The standard InChI is InChI=1S/C21H23F3N6O2S/c1-13(19-27-18(28-32-19)15-4-3-5-16(10-15)21(22,23)24)30-8-6-29(7-9-30)11-17-12-33-20(26-17)25-14(2)31/h3-5,10,12-13H,6-9,11H2,1-2H3,(H,25,26,31). The first kappa shape index (κ1) is 23.3. The molecule has 0 bridgehead atoms. The molecule has 0 saturated carbocycles. The second-order valence-electron chi connectivity index (χ2n) is 7.85. The first-order chi connectivity index (χ1) is 15.7. The highest BCUT2D eigenvalue weighted by Gasteiger charge is 2.31. The lowest BCUT2D eigenvalue weighted by molar-refractivity contribution is -0.137. The number of thiazole rings is 1. The Balaban J connectivity index is 1.34. The third kappa shape index (κ3) is 5.75. The lowest BCUT2D eigenvalue weighted by Gasteiger charge is -2.36. The van der Waals surface area contributed by atoms with Gasteiger partial charge in [-0.25, -0.2) is 4.98 Å². The smallest absolute Gasteiger partial charge is 0.337 e. The number of carbonyl (C=O) groups is 1. The lowest BCUT2D eigenvalue weighted by atomic mass is 10.1. The van der Waals surface area contributed by atoms with Crippen LogP contribution in [-0.4, -0.2) is 57.0 Å². The number of nitrogens with zero attached hydrogens (tertiary/aromatic N) is 5. The third-order valence-electron chi connectivity index (χ3n) is 5.42. The maximum absolute atomic E-state index is 13.0. The monoisotopic (exact) mass is 480 g/mol. The molecule has 1 fully saturated rings. The normalized spacial score (nSPS) is 16.6. The van der Waals surface area contributed by atoms with E-state index in [2.05, 4.69) is 30.2 Å². The maximum Gasteiger partial charge on any atom is 0.416 e. The summed E-state index contributed by atoms with van der Waals surface area (Å²) < 4.78 is 44.3. The van der Waals surface area contributed by atoms with Crippen molar-refractivity contribution in [2.75, 3.05) is 31.5 Å². The fraction of sp³-hybridized carbons (Fsp3) is 0.429. The largest absolute Gasteiger partial charge is 0.416 e. The minimum absolute atomic E-state index is 0.139. The van der Waals surface area contributed by atoms with Crippen LogP contribution in [0.15, 0.2) is 34.2 Å². The summed E-state index contributed by atoms with van der Waals surface area (Å²) in [6.07, 6.45) is -4.43. The minimum atomic E-state index is -4.43. The summed E-state index contributed by atoms with van der Waals surface area (Å²) in [7, 11) is 0. The predicted molar refractivity (Wildman–Crippen MR) is 116 cm³/mol. The van der Waals surface area contributed by atoms with E-state index in [1.807, 2.05) is 12.3 Å². The SMILES string of the molecule is CC(=O)Nc1nc(CN2CCN(C(C)c3nc(-c4cccc(C(F)(F)F)c4)no3)CC2)cs1. The van der Waals surface area contributed by atoms with E-state index in [-0.39, 0.29) is 23.3 Å². The number of aromatic nitrogens is 3. The number of halogens is 3. The molecule has 1 amide bonds. The van der Waals surface area contributed by atoms with Gasteiger partial charge in [-0.05, 0) is 19.1 Å². The van der Waals surface area contributed by atoms with Crippen LogP contribution in [0.3, 0.4) is 0 Å². The van der Waals surface area contributed by atoms with Crippen molar-refractivity contribution >= 4 is 22.4 Å². The zero-order valence-corrected chi connectivity index (χ0v) is 18.9. The van der Waals surface area contributed by atoms with Gasteiger partial charge in [-0.1, -0.05) is 17.3 Å². The van der Waals surface area contributed by atoms with E-state index in [4.69, 9.17) is 4.52 Å². The van der Waals surface area contributed by atoms with Gasteiger partial charge in [0.05, 0.1) is 17.3 Å². The fourth-order valence-corrected chi connectivity index (χ4v) is 4.39. The van der Waals surface area contributed by atoms with Gasteiger partial charge in [0.25, 0.3) is 0 Å². The second-order valence-corrected chi connectivity index (χ2v) is 8.71. The van der Waals surface area contributed by atoms with Crippen molar-refractivity contribution in [1.82, 2.24) is 24.9 Å². The number of piperazine rings is 1. The molecule has 3 aromatic rings. The molecule has 1 aromatic carbocycles. The van der Waals surface area contributed by atoms with Gasteiger partial charge < -0.3 is 9.84 Å². The van der Waals surface area contributed by atoms with Crippen LogP contribution in [0, 0.1) is 0 Å². The van der Waals surface area contributed by atoms with Crippen molar-refractivity contribution in [3.05, 3.63) is 46.8 Å². The van der Waals surface area contributed by atoms with Gasteiger partial charge in [0, 0.05) is 50.6 Å². The molecular weight excluding hydrogens is 457 g/mol. The molecule has 12 heteroatoms. The summed E-state index contributed by atoms with van der Waals surface area (Å²) in [4.78, 5) is 24.4. The first-order valence-electron chi connectivity index (χ1n) is 10.4. The first-order valence-corrected chi connectivity index (χ1v) is 11.3. The Morgan fingerprint density at radius 2 is 2.00 bits per heavy atom. The molecule has 1 N–H and O–H groups in total. The number of alkyl halides is 3. The van der Waals surface area contributed by atoms with Gasteiger partial charge >= 0.3 is 6.18 Å². The van der Waals surface area contributed by atoms with Gasteiger partial charge in [0.15, 0.2) is 5.13 Å². The number of carbonyl (C=O) groups excluding carboxylic acids is 1. The van der Waals surface area contributed by atoms with Crippen LogP contribution in [0.1, 0.15) is 37.0 Å². The van der Waals surface area contributed by atoms with Crippen LogP contribution in [0.2, 0.25) is 0 Å². The molecule has 1 unspecified atom stereocenters. The van der Waals surface area contributed by atoms with Crippen LogP contribution < -0.4 is 5.32 Å². The summed E-state index contributed by atoms with van der Waals surface area (Å²) >= 11 is 1.40. The molecule has 1 aliphatic rings. The summed E-state index contributed by atoms with van der Waals surface area (Å²) in [6, 6.07) is 4.73. The predicted octanol–water partition coefficient (Wildman–Crippen LogP) is 4.05. The molecule has 8 nitrogen and oxygen atoms in total. The summed E-state index contributed by atoms with van der Waals surface area (Å²) in [5, 5.41) is 9.11. The Hall–Kier alpha value is -2.83. The molecule has 1 atom stereocenters. The van der Waals surface area contributed by atoms with Crippen LogP contribution in [-0.2, 0) is 17.5 Å². The Bertz CT molecular complexity index is 1110. The van der Waals surface area contributed by atoms with Gasteiger partial charge in [0.2, 0.25) is 17.6 Å². The summed E-state index contributed by atoms with van der Waals surface area (Å²) in [5.74, 6) is 0.367. The summed E-state index contributed by atoms with van der Waals surface area (Å²) in [5.41, 5.74) is 0.423. The minimum Gasteiger partial charge on any atom is -0.337 e. The zero-order chi connectivity index (χ0) is 23.6. The molecule has 33 heavy (non-hydrogen) atoms. The van der Waals surface area contributed by atoms with Crippen molar-refractivity contribution in [2.45, 2.75) is 32.6 Å². The number of rotatable bonds is 6. The molecule has 1 saturated heterocycles. The second kappa shape index (κ2) is 9.57. The van der Waals surface area contributed by atoms with Gasteiger partial charge in [-0.15, -0.1) is 11.3 Å². The van der Waals surface area contributed by atoms with Crippen molar-refractivity contribution < 1.29 is 22.5 Å². The molecule has 1 aliphatic heterocycles. The number of nitrogens with one attached hydrogen (secondary N) is 1. The average Bonchev–Trinajstić information content (AvgIpc) is 3.43. The zero-order valence-electron chi connectivity index (χ0n) is 18.1. The third-order valence-corrected chi connectivity index (χ3v) is 6.23. The average molecular weight is 481 g/mol. The van der Waals surface area contributed by atoms with Crippen molar-refractivity contribution in [3.63, 3.8) is 0 Å². The molecule has 3 heterocycles. The molecule has 2 aromatic heterocycles. The highest BCUT2D eigenvalue weighted by atomic mass is 32.1. The van der Waals surface area contributed by atoms with Gasteiger partial charge in [0.1, 0.15) is 0 Å². The Kier molecular flexibility index (Phi) is 6.77. The van der Waals surface area contributed by atoms with E-state index in [1.165, 1.54) is 30.4 Å². The Morgan fingerprint density at radius 3 is 2.70 bits per heavy atom. The van der Waals surface area contributed by atoms with E-state index in [0.717, 1.165) is 44.0 Å². The molecular formula is C21H23F3N6O2S. The molecule has 4 rings (SSSR count).